The van der Waals surface area contributed by atoms with Crippen LogP contribution in [0, 0.1) is 18.8 Å². The molecule has 0 saturated carbocycles. The number of phenolic OH excluding ortho intramolecular Hbond substituents is 1. The van der Waals surface area contributed by atoms with Gasteiger partial charge in [0, 0.05) is 36.1 Å². The van der Waals surface area contributed by atoms with Gasteiger partial charge in [-0.25, -0.2) is 4.79 Å². The standard InChI is InChI=1S/C36H40N4O7/c1-17-12-23(41)30-24(44-17)16-25-31(32(30)42)29-19-5-7-21(8-6-19)36(34(43)45-33(29)35(2,3)46-25)26(47-36)9-4-18-13-22(40-28(38)14-18)20-10-11-39-27(37)15-20/h5,7,10,12-16,19,21-22,26,29,33,39-40,42H,4,6,8-9,11,37-38H2,1-3H3/t19-,21+,22?,26+,29+,33+,36-/m0/s1. The molecule has 11 heteroatoms. The maximum atomic E-state index is 14.3. The van der Waals surface area contributed by atoms with Gasteiger partial charge in [0.15, 0.2) is 11.0 Å². The van der Waals surface area contributed by atoms with Crippen molar-refractivity contribution >= 4 is 16.9 Å². The molecule has 2 saturated heterocycles. The van der Waals surface area contributed by atoms with E-state index in [1.54, 1.807) is 13.0 Å². The van der Waals surface area contributed by atoms with Crippen LogP contribution in [-0.2, 0) is 14.3 Å². The number of esters is 1. The largest absolute Gasteiger partial charge is 0.507 e. The Morgan fingerprint density at radius 2 is 1.91 bits per heavy atom. The molecule has 1 spiro atoms. The Morgan fingerprint density at radius 3 is 2.68 bits per heavy atom. The predicted octanol–water partition coefficient (Wildman–Crippen LogP) is 3.52. The van der Waals surface area contributed by atoms with Crippen molar-refractivity contribution in [2.45, 2.75) is 81.8 Å². The highest BCUT2D eigenvalue weighted by Gasteiger charge is 2.69. The Balaban J connectivity index is 1.09. The highest BCUT2D eigenvalue weighted by Crippen LogP contribution is 2.58. The van der Waals surface area contributed by atoms with Crippen molar-refractivity contribution < 1.29 is 28.5 Å². The molecule has 9 rings (SSSR count). The van der Waals surface area contributed by atoms with Crippen LogP contribution in [0.25, 0.3) is 11.0 Å². The molecule has 11 nitrogen and oxygen atoms in total. The number of allylic oxidation sites excluding steroid dienone is 3. The summed E-state index contributed by atoms with van der Waals surface area (Å²) in [6, 6.07) is 2.94. The number of nitrogens with one attached hydrogen (secondary N) is 2. The van der Waals surface area contributed by atoms with E-state index in [0.29, 0.717) is 48.1 Å². The summed E-state index contributed by atoms with van der Waals surface area (Å²) >= 11 is 0. The topological polar surface area (TPSA) is 175 Å². The summed E-state index contributed by atoms with van der Waals surface area (Å²) in [5.41, 5.74) is 12.7. The van der Waals surface area contributed by atoms with E-state index in [4.69, 9.17) is 30.1 Å². The molecule has 6 aliphatic heterocycles. The first-order chi connectivity index (χ1) is 22.4. The first-order valence-electron chi connectivity index (χ1n) is 16.4. The van der Waals surface area contributed by atoms with E-state index < -0.39 is 29.2 Å². The van der Waals surface area contributed by atoms with E-state index in [-0.39, 0.29) is 46.1 Å². The van der Waals surface area contributed by atoms with Gasteiger partial charge in [-0.1, -0.05) is 24.3 Å². The molecule has 7 atom stereocenters. The van der Waals surface area contributed by atoms with Crippen molar-refractivity contribution in [3.8, 4) is 11.5 Å². The first kappa shape index (κ1) is 29.7. The third-order valence-electron chi connectivity index (χ3n) is 10.6. The minimum absolute atomic E-state index is 0.0588. The number of nitrogens with two attached hydrogens (primary N) is 2. The molecule has 1 aromatic heterocycles. The van der Waals surface area contributed by atoms with E-state index in [1.165, 1.54) is 6.07 Å². The maximum absolute atomic E-state index is 14.3. The molecule has 7 aliphatic rings. The molecule has 0 amide bonds. The Morgan fingerprint density at radius 1 is 1.09 bits per heavy atom. The number of dihydropyridines is 2. The lowest BCUT2D eigenvalue weighted by molar-refractivity contribution is -0.172. The third-order valence-corrected chi connectivity index (χ3v) is 10.6. The van der Waals surface area contributed by atoms with Gasteiger partial charge < -0.3 is 45.8 Å². The van der Waals surface area contributed by atoms with Crippen molar-refractivity contribution in [1.82, 2.24) is 10.6 Å². The summed E-state index contributed by atoms with van der Waals surface area (Å²) in [4.78, 5) is 27.3. The van der Waals surface area contributed by atoms with Crippen LogP contribution in [0.15, 0.2) is 80.6 Å². The zero-order valence-electron chi connectivity index (χ0n) is 26.7. The average molecular weight is 641 g/mol. The number of epoxide rings is 1. The molecule has 7 heterocycles. The van der Waals surface area contributed by atoms with Gasteiger partial charge in [0.1, 0.15) is 39.9 Å². The second-order valence-corrected chi connectivity index (χ2v) is 14.1. The lowest BCUT2D eigenvalue weighted by atomic mass is 9.69. The Bertz CT molecular complexity index is 1920. The van der Waals surface area contributed by atoms with Crippen LogP contribution in [0.2, 0.25) is 0 Å². The number of phenols is 1. The van der Waals surface area contributed by atoms with Gasteiger partial charge in [-0.15, -0.1) is 0 Å². The van der Waals surface area contributed by atoms with Gasteiger partial charge in [0.25, 0.3) is 0 Å². The number of hydrogen-bond acceptors (Lipinski definition) is 11. The number of rotatable bonds is 4. The molecule has 2 bridgehead atoms. The van der Waals surface area contributed by atoms with Crippen molar-refractivity contribution in [3.05, 3.63) is 92.9 Å². The molecule has 2 fully saturated rings. The average Bonchev–Trinajstić information content (AvgIpc) is 3.74. The van der Waals surface area contributed by atoms with Gasteiger partial charge in [-0.2, -0.15) is 0 Å². The van der Waals surface area contributed by atoms with E-state index in [9.17, 15) is 14.7 Å². The van der Waals surface area contributed by atoms with Gasteiger partial charge in [0.2, 0.25) is 0 Å². The van der Waals surface area contributed by atoms with Crippen molar-refractivity contribution in [3.63, 3.8) is 0 Å². The highest BCUT2D eigenvalue weighted by molar-refractivity contribution is 5.88. The number of aryl methyl sites for hydroxylation is 1. The number of carbonyl (C=O) groups excluding carboxylic acids is 1. The van der Waals surface area contributed by atoms with Crippen LogP contribution in [0.4, 0.5) is 0 Å². The van der Waals surface area contributed by atoms with Gasteiger partial charge in [-0.3, -0.25) is 4.79 Å². The van der Waals surface area contributed by atoms with Crippen molar-refractivity contribution in [2.75, 3.05) is 6.54 Å². The van der Waals surface area contributed by atoms with E-state index in [2.05, 4.69) is 34.9 Å². The van der Waals surface area contributed by atoms with Crippen LogP contribution >= 0.6 is 0 Å². The Labute approximate surface area is 272 Å². The Hall–Kier alpha value is -4.64. The molecule has 1 unspecified atom stereocenters. The van der Waals surface area contributed by atoms with E-state index in [0.717, 1.165) is 24.0 Å². The van der Waals surface area contributed by atoms with Gasteiger partial charge >= 0.3 is 5.97 Å². The second kappa shape index (κ2) is 10.4. The Kier molecular flexibility index (Phi) is 6.60. The molecule has 0 radical (unpaired) electrons. The fourth-order valence-corrected chi connectivity index (χ4v) is 8.39. The summed E-state index contributed by atoms with van der Waals surface area (Å²) < 4.78 is 25.1. The maximum Gasteiger partial charge on any atom is 0.342 e. The van der Waals surface area contributed by atoms with E-state index >= 15 is 0 Å². The number of carbonyl (C=O) groups is 1. The van der Waals surface area contributed by atoms with Gasteiger partial charge in [-0.05, 0) is 75.7 Å². The van der Waals surface area contributed by atoms with Crippen LogP contribution in [0.1, 0.15) is 56.8 Å². The second-order valence-electron chi connectivity index (χ2n) is 14.1. The molecule has 7 N–H and O–H groups in total. The number of aromatic hydroxyl groups is 1. The molecule has 246 valence electrons. The van der Waals surface area contributed by atoms with Gasteiger partial charge in [0.05, 0.1) is 23.8 Å². The predicted molar refractivity (Wildman–Crippen MR) is 174 cm³/mol. The third kappa shape index (κ3) is 4.73. The number of fused-ring (bicyclic) bond motifs is 4. The zero-order valence-corrected chi connectivity index (χ0v) is 26.7. The molecule has 1 aromatic carbocycles. The quantitative estimate of drug-likeness (QED) is 0.188. The minimum atomic E-state index is -1.10. The summed E-state index contributed by atoms with van der Waals surface area (Å²) in [6.45, 7) is 6.12. The van der Waals surface area contributed by atoms with Crippen molar-refractivity contribution in [1.29, 1.82) is 0 Å². The fraction of sp³-hybridized carbons (Fsp3) is 0.444. The summed E-state index contributed by atoms with van der Waals surface area (Å²) in [5, 5.41) is 18.1. The lowest BCUT2D eigenvalue weighted by Gasteiger charge is -2.46. The molecular weight excluding hydrogens is 600 g/mol. The SMILES string of the molecule is Cc1cc(=O)c2c(O)c3c(cc2o1)OC(C)(C)[C@@H]1OC(=O)[C@]2(O[C@@H]2CCC2=CC(C4=CCNC(N)=C4)NC(N)=C2)[C@@H]2C=C[C@@H](CC2)[C@H]31. The van der Waals surface area contributed by atoms with Crippen LogP contribution in [-0.4, -0.2) is 47.1 Å². The zero-order chi connectivity index (χ0) is 32.8. The molecule has 1 aliphatic carbocycles. The van der Waals surface area contributed by atoms with Crippen LogP contribution in [0.5, 0.6) is 11.5 Å². The normalized spacial score (nSPS) is 33.3. The first-order valence-corrected chi connectivity index (χ1v) is 16.4. The smallest absolute Gasteiger partial charge is 0.342 e. The van der Waals surface area contributed by atoms with Crippen molar-refractivity contribution in [2.24, 2.45) is 23.3 Å². The summed E-state index contributed by atoms with van der Waals surface area (Å²) in [7, 11) is 0. The fourth-order valence-electron chi connectivity index (χ4n) is 8.39. The molecule has 47 heavy (non-hydrogen) atoms. The van der Waals surface area contributed by atoms with E-state index in [1.807, 2.05) is 26.0 Å². The molecular formula is C36H40N4O7. The molecule has 2 aromatic rings. The lowest BCUT2D eigenvalue weighted by Crippen LogP contribution is -2.53. The number of hydrogen-bond donors (Lipinski definition) is 5. The minimum Gasteiger partial charge on any atom is -0.507 e. The number of ether oxygens (including phenoxy) is 3. The monoisotopic (exact) mass is 640 g/mol. The van der Waals surface area contributed by atoms with Crippen LogP contribution in [0.3, 0.4) is 0 Å². The van der Waals surface area contributed by atoms with Crippen LogP contribution < -0.4 is 32.3 Å². The summed E-state index contributed by atoms with van der Waals surface area (Å²) in [5.74, 6) is 0.802. The number of benzene rings is 1. The highest BCUT2D eigenvalue weighted by atomic mass is 16.7. The summed E-state index contributed by atoms with van der Waals surface area (Å²) in [6.07, 6.45) is 14.0.